The van der Waals surface area contributed by atoms with Gasteiger partial charge in [-0.25, -0.2) is 4.89 Å². The quantitative estimate of drug-likeness (QED) is 0.154. The third-order valence-corrected chi connectivity index (χ3v) is 4.41. The Morgan fingerprint density at radius 1 is 0.880 bits per heavy atom. The Labute approximate surface area is 174 Å². The summed E-state index contributed by atoms with van der Waals surface area (Å²) in [6.45, 7) is 2.48. The zero-order chi connectivity index (χ0) is 17.5. The van der Waals surface area contributed by atoms with Crippen LogP contribution >= 0.6 is 7.82 Å². The summed E-state index contributed by atoms with van der Waals surface area (Å²) < 4.78 is 20.7. The average Bonchev–Trinajstić information content (AvgIpc) is 2.56. The van der Waals surface area contributed by atoms with E-state index in [0.717, 1.165) is 19.3 Å². The first-order valence-corrected chi connectivity index (χ1v) is 10.5. The molecule has 0 saturated carbocycles. The Kier molecular flexibility index (Phi) is 16.4. The molecule has 0 spiro atoms. The van der Waals surface area contributed by atoms with Crippen LogP contribution in [0.4, 0.5) is 0 Å². The van der Waals surface area contributed by atoms with E-state index < -0.39 is 7.82 Å². The van der Waals surface area contributed by atoms with E-state index in [1.54, 1.807) is 18.2 Å². The van der Waals surface area contributed by atoms with E-state index >= 15 is 0 Å². The van der Waals surface area contributed by atoms with Crippen LogP contribution in [-0.2, 0) is 14.1 Å². The SMILES string of the molecule is CCCCCCCCCCCCOOP(=O)([O-])Oc1ccccc1.[Na+]. The van der Waals surface area contributed by atoms with Crippen molar-refractivity contribution in [2.45, 2.75) is 71.1 Å². The maximum atomic E-state index is 11.5. The van der Waals surface area contributed by atoms with Crippen molar-refractivity contribution in [2.24, 2.45) is 0 Å². The third kappa shape index (κ3) is 14.9. The first-order valence-electron chi connectivity index (χ1n) is 9.01. The molecule has 0 fully saturated rings. The van der Waals surface area contributed by atoms with Gasteiger partial charge in [0.05, 0.1) is 6.61 Å². The molecule has 1 aromatic carbocycles. The Hall–Kier alpha value is 0.130. The molecule has 7 heteroatoms. The van der Waals surface area contributed by atoms with Gasteiger partial charge in [0, 0.05) is 0 Å². The second-order valence-electron chi connectivity index (χ2n) is 5.93. The molecule has 25 heavy (non-hydrogen) atoms. The number of hydrogen-bond acceptors (Lipinski definition) is 5. The van der Waals surface area contributed by atoms with Crippen LogP contribution in [0.3, 0.4) is 0 Å². The van der Waals surface area contributed by atoms with Gasteiger partial charge < -0.3 is 9.42 Å². The van der Waals surface area contributed by atoms with Crippen LogP contribution in [0.5, 0.6) is 5.75 Å². The van der Waals surface area contributed by atoms with Crippen molar-refractivity contribution in [3.8, 4) is 5.75 Å². The normalized spacial score (nSPS) is 13.0. The first kappa shape index (κ1) is 25.1. The zero-order valence-electron chi connectivity index (χ0n) is 15.7. The van der Waals surface area contributed by atoms with Gasteiger partial charge in [0.25, 0.3) is 0 Å². The van der Waals surface area contributed by atoms with Crippen molar-refractivity contribution < 1.29 is 53.1 Å². The van der Waals surface area contributed by atoms with Gasteiger partial charge in [0.2, 0.25) is 0 Å². The standard InChI is InChI=1S/C18H31O5P.Na/c1-2-3-4-5-6-7-8-9-10-14-17-21-23-24(19,20)22-18-15-12-11-13-16-18;/h11-13,15-16H,2-10,14,17H2,1H3,(H,19,20);/q;+1/p-1. The molecular formula is C18H30NaO5P. The van der Waals surface area contributed by atoms with Crippen molar-refractivity contribution in [3.63, 3.8) is 0 Å². The summed E-state index contributed by atoms with van der Waals surface area (Å²) in [5, 5.41) is 0. The van der Waals surface area contributed by atoms with Crippen molar-refractivity contribution in [1.29, 1.82) is 0 Å². The van der Waals surface area contributed by atoms with Gasteiger partial charge in [-0.1, -0.05) is 82.9 Å². The maximum Gasteiger partial charge on any atom is 1.00 e. The summed E-state index contributed by atoms with van der Waals surface area (Å²) >= 11 is 0. The minimum atomic E-state index is -4.47. The number of para-hydroxylation sites is 1. The molecule has 0 aliphatic rings. The summed E-state index contributed by atoms with van der Waals surface area (Å²) in [6, 6.07) is 8.21. The van der Waals surface area contributed by atoms with E-state index in [1.807, 2.05) is 0 Å². The molecule has 1 rings (SSSR count). The predicted molar refractivity (Wildman–Crippen MR) is 93.6 cm³/mol. The molecule has 1 atom stereocenters. The first-order chi connectivity index (χ1) is 11.6. The van der Waals surface area contributed by atoms with Gasteiger partial charge in [-0.3, -0.25) is 4.57 Å². The summed E-state index contributed by atoms with van der Waals surface area (Å²) in [4.78, 5) is 16.3. The number of unbranched alkanes of at least 4 members (excludes halogenated alkanes) is 9. The largest absolute Gasteiger partial charge is 1.00 e. The number of benzene rings is 1. The van der Waals surface area contributed by atoms with Crippen LogP contribution in [0.15, 0.2) is 30.3 Å². The Bertz CT molecular complexity index is 458. The smallest absolute Gasteiger partial charge is 0.744 e. The fourth-order valence-corrected chi connectivity index (χ4v) is 2.99. The van der Waals surface area contributed by atoms with Crippen LogP contribution in [0, 0.1) is 0 Å². The molecule has 0 aliphatic carbocycles. The Morgan fingerprint density at radius 2 is 1.40 bits per heavy atom. The molecule has 1 unspecified atom stereocenters. The molecule has 0 bridgehead atoms. The van der Waals surface area contributed by atoms with Gasteiger partial charge >= 0.3 is 37.4 Å². The molecule has 0 N–H and O–H groups in total. The van der Waals surface area contributed by atoms with Gasteiger partial charge in [-0.05, 0) is 18.6 Å². The van der Waals surface area contributed by atoms with Crippen LogP contribution in [0.1, 0.15) is 71.1 Å². The molecule has 0 amide bonds. The van der Waals surface area contributed by atoms with E-state index in [2.05, 4.69) is 11.6 Å². The maximum absolute atomic E-state index is 11.5. The monoisotopic (exact) mass is 380 g/mol. The minimum Gasteiger partial charge on any atom is -0.744 e. The van der Waals surface area contributed by atoms with E-state index in [9.17, 15) is 9.46 Å². The van der Waals surface area contributed by atoms with Crippen molar-refractivity contribution >= 4 is 7.82 Å². The number of rotatable bonds is 15. The number of hydrogen-bond donors (Lipinski definition) is 0. The molecule has 0 aliphatic heterocycles. The summed E-state index contributed by atoms with van der Waals surface area (Å²) in [5.74, 6) is 0.207. The third-order valence-electron chi connectivity index (χ3n) is 3.69. The summed E-state index contributed by atoms with van der Waals surface area (Å²) in [6.07, 6.45) is 12.1. The molecule has 5 nitrogen and oxygen atoms in total. The molecule has 0 saturated heterocycles. The molecular weight excluding hydrogens is 350 g/mol. The van der Waals surface area contributed by atoms with E-state index in [4.69, 9.17) is 9.41 Å². The second-order valence-corrected chi connectivity index (χ2v) is 7.16. The van der Waals surface area contributed by atoms with Crippen LogP contribution in [-0.4, -0.2) is 6.61 Å². The molecule has 0 radical (unpaired) electrons. The summed E-state index contributed by atoms with van der Waals surface area (Å²) in [5.41, 5.74) is 0. The molecule has 0 heterocycles. The van der Waals surface area contributed by atoms with Crippen LogP contribution < -0.4 is 39.0 Å². The zero-order valence-corrected chi connectivity index (χ0v) is 18.5. The Balaban J connectivity index is 0.00000576. The number of phosphoric ester groups is 1. The van der Waals surface area contributed by atoms with Gasteiger partial charge in [0.1, 0.15) is 5.75 Å². The molecule has 0 aromatic heterocycles. The number of phosphoric acid groups is 1. The second kappa shape index (κ2) is 16.3. The fraction of sp³-hybridized carbons (Fsp3) is 0.667. The van der Waals surface area contributed by atoms with Crippen LogP contribution in [0.25, 0.3) is 0 Å². The average molecular weight is 380 g/mol. The predicted octanol–water partition coefficient (Wildman–Crippen LogP) is 2.41. The van der Waals surface area contributed by atoms with Gasteiger partial charge in [-0.2, -0.15) is 4.67 Å². The van der Waals surface area contributed by atoms with E-state index in [-0.39, 0.29) is 41.9 Å². The van der Waals surface area contributed by atoms with Crippen molar-refractivity contribution in [1.82, 2.24) is 0 Å². The van der Waals surface area contributed by atoms with E-state index in [0.29, 0.717) is 0 Å². The van der Waals surface area contributed by atoms with Crippen LogP contribution in [0.2, 0.25) is 0 Å². The summed E-state index contributed by atoms with van der Waals surface area (Å²) in [7, 11) is -4.47. The van der Waals surface area contributed by atoms with E-state index in [1.165, 1.54) is 57.1 Å². The van der Waals surface area contributed by atoms with Gasteiger partial charge in [0.15, 0.2) is 0 Å². The Morgan fingerprint density at radius 3 is 1.96 bits per heavy atom. The molecule has 138 valence electrons. The van der Waals surface area contributed by atoms with Gasteiger partial charge in [-0.15, -0.1) is 0 Å². The fourth-order valence-electron chi connectivity index (χ4n) is 2.38. The van der Waals surface area contributed by atoms with Crippen molar-refractivity contribution in [3.05, 3.63) is 30.3 Å². The topological polar surface area (TPSA) is 67.8 Å². The van der Waals surface area contributed by atoms with Crippen molar-refractivity contribution in [2.75, 3.05) is 6.61 Å². The minimum absolute atomic E-state index is 0. The molecule has 1 aromatic rings.